The molecule has 0 aliphatic carbocycles. The van der Waals surface area contributed by atoms with Gasteiger partial charge >= 0.3 is 27.7 Å². The number of hydrogen-bond acceptors (Lipinski definition) is 2. The maximum absolute atomic E-state index is 8.24. The third-order valence-electron chi connectivity index (χ3n) is 1.09. The van der Waals surface area contributed by atoms with Crippen LogP contribution in [0.5, 0.6) is 0 Å². The first kappa shape index (κ1) is 12.2. The molecule has 0 saturated heterocycles. The second-order valence-electron chi connectivity index (χ2n) is 1.82. The molecule has 0 spiro atoms. The molecule has 1 aromatic rings. The van der Waals surface area contributed by atoms with E-state index >= 15 is 0 Å². The monoisotopic (exact) mass is 428 g/mol. The number of nitrogens with zero attached hydrogens (tertiary/aromatic N) is 2. The van der Waals surface area contributed by atoms with Crippen LogP contribution < -0.4 is 0 Å². The zero-order chi connectivity index (χ0) is 8.27. The first-order chi connectivity index (χ1) is 5.24. The van der Waals surface area contributed by atoms with Crippen molar-refractivity contribution in [2.45, 2.75) is 4.90 Å². The van der Waals surface area contributed by atoms with Crippen molar-refractivity contribution in [2.75, 3.05) is 0 Å². The van der Waals surface area contributed by atoms with E-state index in [-0.39, 0.29) is 27.7 Å². The molecule has 1 aromatic carbocycles. The normalized spacial score (nSPS) is 8.08. The van der Waals surface area contributed by atoms with Gasteiger partial charge in [-0.15, -0.1) is 0 Å². The first-order valence-electron chi connectivity index (χ1n) is 2.80. The summed E-state index contributed by atoms with van der Waals surface area (Å²) >= 11 is 8.19. The second kappa shape index (κ2) is 5.81. The summed E-state index contributed by atoms with van der Waals surface area (Å²) in [5, 5.41) is 8.24. The van der Waals surface area contributed by atoms with Gasteiger partial charge in [0.25, 0.3) is 0 Å². The largest absolute Gasteiger partial charge is 2.00 e. The summed E-state index contributed by atoms with van der Waals surface area (Å²) in [5.74, 6) is 0. The fourth-order valence-electron chi connectivity index (χ4n) is 0.634. The molecule has 12 heavy (non-hydrogen) atoms. The van der Waals surface area contributed by atoms with Crippen LogP contribution in [0.1, 0.15) is 0 Å². The molecule has 0 aliphatic heterocycles. The van der Waals surface area contributed by atoms with E-state index in [0.29, 0.717) is 10.6 Å². The molecule has 0 radical (unpaired) electrons. The molecule has 0 amide bonds. The van der Waals surface area contributed by atoms with Gasteiger partial charge in [0.05, 0.1) is 0 Å². The number of rotatable bonds is 1. The summed E-state index contributed by atoms with van der Waals surface area (Å²) in [6, 6.07) is 6.93. The Hall–Kier alpha value is 0.235. The Kier molecular flexibility index (Phi) is 5.92. The smallest absolute Gasteiger partial charge is 0.779 e. The molecule has 0 unspecified atom stereocenters. The van der Waals surface area contributed by atoms with E-state index in [0.717, 1.165) is 4.47 Å². The molecule has 0 bridgehead atoms. The van der Waals surface area contributed by atoms with Crippen LogP contribution in [-0.2, 0) is 40.3 Å². The van der Waals surface area contributed by atoms with Crippen LogP contribution in [0.15, 0.2) is 32.6 Å². The van der Waals surface area contributed by atoms with E-state index in [9.17, 15) is 0 Å². The molecular weight excluding hydrogens is 425 g/mol. The van der Waals surface area contributed by atoms with E-state index in [1.165, 1.54) is 0 Å². The summed E-state index contributed by atoms with van der Waals surface area (Å²) in [7, 11) is 0. The van der Waals surface area contributed by atoms with Gasteiger partial charge in [-0.25, -0.2) is 0 Å². The van der Waals surface area contributed by atoms with Crippen molar-refractivity contribution in [2.24, 2.45) is 4.99 Å². The summed E-state index contributed by atoms with van der Waals surface area (Å²) in [6.45, 7) is 0. The van der Waals surface area contributed by atoms with Crippen LogP contribution in [0.3, 0.4) is 0 Å². The van der Waals surface area contributed by atoms with Crippen LogP contribution in [0.25, 0.3) is 5.41 Å². The van der Waals surface area contributed by atoms with Gasteiger partial charge in [0, 0.05) is 4.47 Å². The summed E-state index contributed by atoms with van der Waals surface area (Å²) in [6.07, 6.45) is 0. The van der Waals surface area contributed by atoms with E-state index in [1.54, 1.807) is 24.2 Å². The standard InChI is InChI=1S/C7H4BrN2S.Hg/c8-5-1-2-6(10-4-9)7(11)3-5;/h1-3,11H;/q-1;+2/p-1. The van der Waals surface area contributed by atoms with Gasteiger partial charge in [-0.3, -0.25) is 0 Å². The fourth-order valence-corrected chi connectivity index (χ4v) is 1.39. The molecule has 0 saturated carbocycles. The molecule has 2 nitrogen and oxygen atoms in total. The van der Waals surface area contributed by atoms with Crippen molar-refractivity contribution < 1.29 is 27.7 Å². The van der Waals surface area contributed by atoms with Crippen LogP contribution in [0, 0.1) is 0 Å². The van der Waals surface area contributed by atoms with Crippen molar-refractivity contribution in [3.8, 4) is 0 Å². The van der Waals surface area contributed by atoms with Gasteiger partial charge in [0.15, 0.2) is 0 Å². The summed E-state index contributed by atoms with van der Waals surface area (Å²) in [4.78, 5) is 4.11. The zero-order valence-electron chi connectivity index (χ0n) is 6.12. The third kappa shape index (κ3) is 3.31. The zero-order valence-corrected chi connectivity index (χ0v) is 14.0. The van der Waals surface area contributed by atoms with Gasteiger partial charge in [-0.1, -0.05) is 33.8 Å². The van der Waals surface area contributed by atoms with Gasteiger partial charge in [-0.05, 0) is 6.07 Å². The maximum Gasteiger partial charge on any atom is 2.00 e. The second-order valence-corrected chi connectivity index (χ2v) is 3.18. The quantitative estimate of drug-likeness (QED) is 0.386. The molecule has 56 valence electrons. The van der Waals surface area contributed by atoms with Crippen LogP contribution in [-0.4, -0.2) is 6.01 Å². The minimum absolute atomic E-state index is 0. The first-order valence-corrected chi connectivity index (χ1v) is 4.00. The van der Waals surface area contributed by atoms with Gasteiger partial charge in [-0.2, -0.15) is 10.9 Å². The minimum Gasteiger partial charge on any atom is -0.779 e. The van der Waals surface area contributed by atoms with E-state index in [2.05, 4.69) is 20.9 Å². The Balaban J connectivity index is 0.00000121. The van der Waals surface area contributed by atoms with Crippen LogP contribution in [0.4, 0.5) is 5.69 Å². The number of halogens is 1. The van der Waals surface area contributed by atoms with Gasteiger partial charge in [0.2, 0.25) is 0 Å². The van der Waals surface area contributed by atoms with Crippen LogP contribution in [0.2, 0.25) is 0 Å². The van der Waals surface area contributed by atoms with Crippen molar-refractivity contribution in [3.05, 3.63) is 28.1 Å². The van der Waals surface area contributed by atoms with E-state index in [4.69, 9.17) is 18.0 Å². The molecule has 0 heterocycles. The summed E-state index contributed by atoms with van der Waals surface area (Å²) in [5.41, 5.74) is 0.547. The molecule has 5 heteroatoms. The average Bonchev–Trinajstić information content (AvgIpc) is 1.95. The molecular formula is C7H3BrHgN2S. The number of benzene rings is 1. The van der Waals surface area contributed by atoms with Crippen molar-refractivity contribution in [3.63, 3.8) is 0 Å². The van der Waals surface area contributed by atoms with E-state index in [1.807, 2.05) is 0 Å². The fraction of sp³-hybridized carbons (Fsp3) is 0. The Labute approximate surface area is 105 Å². The predicted octanol–water partition coefficient (Wildman–Crippen LogP) is 2.73. The molecule has 1 rings (SSSR count). The van der Waals surface area contributed by atoms with Gasteiger partial charge < -0.3 is 23.0 Å². The van der Waals surface area contributed by atoms with Crippen molar-refractivity contribution in [1.29, 1.82) is 0 Å². The molecule has 0 fully saturated rings. The SMILES string of the molecule is [Hg+2].[N-]=C=Nc1ccc(Br)cc1[S-]. The van der Waals surface area contributed by atoms with E-state index < -0.39 is 0 Å². The van der Waals surface area contributed by atoms with Gasteiger partial charge in [0.1, 0.15) is 0 Å². The third-order valence-corrected chi connectivity index (χ3v) is 1.91. The number of hydrogen-bond donors (Lipinski definition) is 0. The average molecular weight is 428 g/mol. The predicted molar refractivity (Wildman–Crippen MR) is 50.2 cm³/mol. The van der Waals surface area contributed by atoms with Crippen molar-refractivity contribution >= 4 is 40.3 Å². The number of aliphatic imine (C=N–C) groups is 1. The Morgan fingerprint density at radius 1 is 1.50 bits per heavy atom. The Bertz CT molecular complexity index is 323. The molecule has 0 aromatic heterocycles. The molecule has 0 N–H and O–H groups in total. The Morgan fingerprint density at radius 3 is 2.67 bits per heavy atom. The summed E-state index contributed by atoms with van der Waals surface area (Å²) < 4.78 is 0.902. The topological polar surface area (TPSA) is 34.7 Å². The van der Waals surface area contributed by atoms with Crippen LogP contribution >= 0.6 is 15.9 Å². The molecule has 0 atom stereocenters. The van der Waals surface area contributed by atoms with Crippen molar-refractivity contribution in [1.82, 2.24) is 0 Å². The minimum atomic E-state index is 0. The maximum atomic E-state index is 8.24. The molecule has 0 aliphatic rings. The Morgan fingerprint density at radius 2 is 2.17 bits per heavy atom.